The number of methoxy groups -OCH3 is 1. The second-order valence-electron chi connectivity index (χ2n) is 2.62. The molecule has 1 aromatic carbocycles. The van der Waals surface area contributed by atoms with Gasteiger partial charge >= 0.3 is 0 Å². The number of alkyl halides is 3. The average Bonchev–Trinajstić information content (AvgIpc) is 2.16. The summed E-state index contributed by atoms with van der Waals surface area (Å²) in [5.74, 6) is 0.610. The van der Waals surface area contributed by atoms with Crippen molar-refractivity contribution in [1.29, 1.82) is 0 Å². The standard InChI is InChI=1S/C8H7Br3O3S/c1-14-6-2-4-7(5-3-6)15(12,13)8(9,10)11/h2-5H,1H3. The minimum Gasteiger partial charge on any atom is -0.497 e. The summed E-state index contributed by atoms with van der Waals surface area (Å²) in [4.78, 5) is 0.189. The van der Waals surface area contributed by atoms with E-state index in [1.54, 1.807) is 12.1 Å². The van der Waals surface area contributed by atoms with Crippen LogP contribution in [0.4, 0.5) is 0 Å². The zero-order chi connectivity index (χ0) is 11.7. The highest BCUT2D eigenvalue weighted by atomic mass is 80.0. The van der Waals surface area contributed by atoms with E-state index < -0.39 is 11.3 Å². The van der Waals surface area contributed by atoms with Crippen LogP contribution < -0.4 is 4.74 Å². The van der Waals surface area contributed by atoms with Crippen LogP contribution in [0.25, 0.3) is 0 Å². The first-order valence-corrected chi connectivity index (χ1v) is 7.60. The summed E-state index contributed by atoms with van der Waals surface area (Å²) >= 11 is 8.96. The first-order valence-electron chi connectivity index (χ1n) is 3.74. The first kappa shape index (κ1) is 13.5. The molecule has 84 valence electrons. The fourth-order valence-corrected chi connectivity index (χ4v) is 3.33. The molecule has 0 aliphatic heterocycles. The smallest absolute Gasteiger partial charge is 0.239 e. The molecule has 0 bridgehead atoms. The Morgan fingerprint density at radius 2 is 1.60 bits per heavy atom. The molecular weight excluding hydrogens is 416 g/mol. The number of benzene rings is 1. The third kappa shape index (κ3) is 2.95. The van der Waals surface area contributed by atoms with Crippen LogP contribution in [0.1, 0.15) is 0 Å². The van der Waals surface area contributed by atoms with Crippen LogP contribution in [0.15, 0.2) is 29.2 Å². The monoisotopic (exact) mass is 420 g/mol. The zero-order valence-corrected chi connectivity index (χ0v) is 13.2. The lowest BCUT2D eigenvalue weighted by Crippen LogP contribution is -2.17. The summed E-state index contributed by atoms with van der Waals surface area (Å²) in [5.41, 5.74) is 0. The molecule has 0 unspecified atom stereocenters. The summed E-state index contributed by atoms with van der Waals surface area (Å²) in [6, 6.07) is 6.14. The van der Waals surface area contributed by atoms with E-state index in [2.05, 4.69) is 47.8 Å². The average molecular weight is 423 g/mol. The maximum atomic E-state index is 11.9. The maximum absolute atomic E-state index is 11.9. The Morgan fingerprint density at radius 3 is 1.93 bits per heavy atom. The van der Waals surface area contributed by atoms with Gasteiger partial charge in [0.15, 0.2) is 0 Å². The Labute approximate surface area is 114 Å². The van der Waals surface area contributed by atoms with Crippen molar-refractivity contribution in [2.45, 2.75) is 6.37 Å². The number of rotatable bonds is 2. The van der Waals surface area contributed by atoms with E-state index in [-0.39, 0.29) is 4.90 Å². The fraction of sp³-hybridized carbons (Fsp3) is 0.250. The summed E-state index contributed by atoms with van der Waals surface area (Å²) in [6.45, 7) is 0. The Balaban J connectivity index is 3.18. The molecule has 0 aliphatic rings. The van der Waals surface area contributed by atoms with Crippen LogP contribution in [0.3, 0.4) is 0 Å². The van der Waals surface area contributed by atoms with E-state index in [0.717, 1.165) is 0 Å². The summed E-state index contributed by atoms with van der Waals surface area (Å²) in [7, 11) is -1.99. The van der Waals surface area contributed by atoms with Crippen molar-refractivity contribution < 1.29 is 13.2 Å². The first-order chi connectivity index (χ1) is 6.79. The molecule has 0 aliphatic carbocycles. The molecule has 0 radical (unpaired) electrons. The third-order valence-corrected chi connectivity index (χ3v) is 7.01. The number of hydrogen-bond donors (Lipinski definition) is 0. The molecule has 15 heavy (non-hydrogen) atoms. The summed E-state index contributed by atoms with van der Waals surface area (Å²) in [5, 5.41) is 0. The topological polar surface area (TPSA) is 43.4 Å². The van der Waals surface area contributed by atoms with Crippen molar-refractivity contribution in [1.82, 2.24) is 0 Å². The van der Waals surface area contributed by atoms with Crippen LogP contribution in [-0.4, -0.2) is 17.0 Å². The predicted molar refractivity (Wildman–Crippen MR) is 69.7 cm³/mol. The van der Waals surface area contributed by atoms with Gasteiger partial charge in [-0.1, -0.05) is 0 Å². The third-order valence-electron chi connectivity index (χ3n) is 1.67. The van der Waals surface area contributed by atoms with Crippen molar-refractivity contribution in [3.63, 3.8) is 0 Å². The molecule has 0 aromatic heterocycles. The zero-order valence-electron chi connectivity index (χ0n) is 7.58. The molecule has 0 N–H and O–H groups in total. The van der Waals surface area contributed by atoms with Gasteiger partial charge in [0.25, 0.3) is 0 Å². The van der Waals surface area contributed by atoms with E-state index >= 15 is 0 Å². The molecule has 0 fully saturated rings. The van der Waals surface area contributed by atoms with Gasteiger partial charge in [0.2, 0.25) is 11.3 Å². The molecule has 1 rings (SSSR count). The van der Waals surface area contributed by atoms with E-state index in [1.807, 2.05) is 0 Å². The van der Waals surface area contributed by atoms with Crippen molar-refractivity contribution in [2.24, 2.45) is 0 Å². The lowest BCUT2D eigenvalue weighted by Gasteiger charge is -2.13. The molecule has 0 saturated heterocycles. The molecule has 0 amide bonds. The molecule has 0 saturated carbocycles. The van der Waals surface area contributed by atoms with Crippen LogP contribution in [0.5, 0.6) is 5.75 Å². The highest BCUT2D eigenvalue weighted by molar-refractivity contribution is 9.42. The van der Waals surface area contributed by atoms with Gasteiger partial charge in [0.05, 0.1) is 12.0 Å². The quantitative estimate of drug-likeness (QED) is 0.687. The molecular formula is C8H7Br3O3S. The second kappa shape index (κ2) is 4.73. The Kier molecular flexibility index (Phi) is 4.25. The summed E-state index contributed by atoms with van der Waals surface area (Å²) in [6.07, 6.45) is 0. The molecule has 0 spiro atoms. The minimum absolute atomic E-state index is 0.189. The maximum Gasteiger partial charge on any atom is 0.239 e. The molecule has 3 nitrogen and oxygen atoms in total. The highest BCUT2D eigenvalue weighted by Crippen LogP contribution is 2.43. The van der Waals surface area contributed by atoms with Crippen LogP contribution in [0, 0.1) is 0 Å². The van der Waals surface area contributed by atoms with Gasteiger partial charge < -0.3 is 4.74 Å². The Morgan fingerprint density at radius 1 is 1.13 bits per heavy atom. The van der Waals surface area contributed by atoms with Crippen molar-refractivity contribution >= 4 is 57.6 Å². The highest BCUT2D eigenvalue weighted by Gasteiger charge is 2.37. The Bertz CT molecular complexity index is 433. The van der Waals surface area contributed by atoms with E-state index in [4.69, 9.17) is 4.74 Å². The predicted octanol–water partition coefficient (Wildman–Crippen LogP) is 3.26. The number of hydrogen-bond acceptors (Lipinski definition) is 3. The fourth-order valence-electron chi connectivity index (χ4n) is 0.889. The molecule has 1 aromatic rings. The lowest BCUT2D eigenvalue weighted by atomic mass is 10.3. The van der Waals surface area contributed by atoms with Crippen LogP contribution in [0.2, 0.25) is 0 Å². The lowest BCUT2D eigenvalue weighted by molar-refractivity contribution is 0.414. The van der Waals surface area contributed by atoms with E-state index in [9.17, 15) is 8.42 Å². The van der Waals surface area contributed by atoms with Crippen molar-refractivity contribution in [3.05, 3.63) is 24.3 Å². The van der Waals surface area contributed by atoms with E-state index in [1.165, 1.54) is 19.2 Å². The van der Waals surface area contributed by atoms with Crippen molar-refractivity contribution in [2.75, 3.05) is 7.11 Å². The minimum atomic E-state index is -3.51. The largest absolute Gasteiger partial charge is 0.497 e. The van der Waals surface area contributed by atoms with Gasteiger partial charge in [-0.15, -0.1) is 0 Å². The van der Waals surface area contributed by atoms with Gasteiger partial charge in [-0.3, -0.25) is 0 Å². The van der Waals surface area contributed by atoms with Gasteiger partial charge in [-0.25, -0.2) is 8.42 Å². The second-order valence-corrected chi connectivity index (χ2v) is 13.1. The van der Waals surface area contributed by atoms with Gasteiger partial charge in [0, 0.05) is 0 Å². The number of halogens is 3. The van der Waals surface area contributed by atoms with Crippen LogP contribution in [-0.2, 0) is 9.84 Å². The molecule has 0 atom stereocenters. The Hall–Kier alpha value is 0.410. The summed E-state index contributed by atoms with van der Waals surface area (Å²) < 4.78 is 27.3. The van der Waals surface area contributed by atoms with Gasteiger partial charge in [-0.05, 0) is 72.1 Å². The number of ether oxygens (including phenoxy) is 1. The SMILES string of the molecule is COc1ccc(S(=O)(=O)C(Br)(Br)Br)cc1. The molecule has 0 heterocycles. The number of sulfone groups is 1. The van der Waals surface area contributed by atoms with Gasteiger partial charge in [-0.2, -0.15) is 0 Å². The van der Waals surface area contributed by atoms with Crippen molar-refractivity contribution in [3.8, 4) is 5.75 Å². The van der Waals surface area contributed by atoms with Gasteiger partial charge in [0.1, 0.15) is 5.75 Å². The van der Waals surface area contributed by atoms with Crippen LogP contribution >= 0.6 is 47.8 Å². The normalized spacial score (nSPS) is 12.5. The van der Waals surface area contributed by atoms with E-state index in [0.29, 0.717) is 5.75 Å². The molecule has 7 heteroatoms.